The van der Waals surface area contributed by atoms with Crippen molar-refractivity contribution in [2.75, 3.05) is 13.3 Å². The number of ether oxygens (including phenoxy) is 1. The molecule has 0 unspecified atom stereocenters. The Hall–Kier alpha value is -2.14. The Balaban J connectivity index is 2.03. The van der Waals surface area contributed by atoms with Crippen molar-refractivity contribution in [1.29, 1.82) is 0 Å². The molecule has 0 spiro atoms. The number of carbonyl (C=O) groups is 1. The number of esters is 1. The Bertz CT molecular complexity index is 1130. The number of hydrogen-bond acceptors (Lipinski definition) is 6. The molecule has 8 heteroatoms. The van der Waals surface area contributed by atoms with Gasteiger partial charge in [0, 0.05) is 23.9 Å². The lowest BCUT2D eigenvalue weighted by atomic mass is 10.0. The number of carbonyl (C=O) groups excluding carboxylic acids is 1. The number of hydrogen-bond donors (Lipinski definition) is 0. The third-order valence-electron chi connectivity index (χ3n) is 3.99. The first-order valence-electron chi connectivity index (χ1n) is 9.49. The summed E-state index contributed by atoms with van der Waals surface area (Å²) in [5.41, 5.74) is 2.94. The second-order valence-electron chi connectivity index (χ2n) is 8.40. The third-order valence-corrected chi connectivity index (χ3v) is 4.98. The Kier molecular flexibility index (Phi) is 6.42. The SMILES string of the molecule is CC(C)(C)OC(=O)Cc1nc2c(-c3cccc(Cl)c3)cc(COP(C)(C)=O)cc2o1. The highest BCUT2D eigenvalue weighted by Gasteiger charge is 2.21. The van der Waals surface area contributed by atoms with Crippen LogP contribution in [0.3, 0.4) is 0 Å². The van der Waals surface area contributed by atoms with Gasteiger partial charge in [0.25, 0.3) is 0 Å². The summed E-state index contributed by atoms with van der Waals surface area (Å²) in [5, 5.41) is 0.589. The predicted molar refractivity (Wildman–Crippen MR) is 118 cm³/mol. The largest absolute Gasteiger partial charge is 0.460 e. The van der Waals surface area contributed by atoms with Crippen LogP contribution in [-0.4, -0.2) is 29.9 Å². The fourth-order valence-corrected chi connectivity index (χ4v) is 3.55. The molecule has 0 saturated carbocycles. The first-order chi connectivity index (χ1) is 13.9. The predicted octanol–water partition coefficient (Wildman–Crippen LogP) is 6.09. The van der Waals surface area contributed by atoms with E-state index in [1.54, 1.807) is 46.2 Å². The van der Waals surface area contributed by atoms with E-state index in [2.05, 4.69) is 4.98 Å². The minimum atomic E-state index is -2.65. The quantitative estimate of drug-likeness (QED) is 0.335. The van der Waals surface area contributed by atoms with Crippen LogP contribution in [0.5, 0.6) is 0 Å². The van der Waals surface area contributed by atoms with Crippen LogP contribution >= 0.6 is 19.0 Å². The Morgan fingerprint density at radius 1 is 1.20 bits per heavy atom. The van der Waals surface area contributed by atoms with Crippen LogP contribution in [0.2, 0.25) is 5.02 Å². The lowest BCUT2D eigenvalue weighted by Gasteiger charge is -2.18. The zero-order chi connectivity index (χ0) is 22.1. The van der Waals surface area contributed by atoms with E-state index in [0.717, 1.165) is 16.7 Å². The molecule has 6 nitrogen and oxygen atoms in total. The van der Waals surface area contributed by atoms with Crippen molar-refractivity contribution in [1.82, 2.24) is 4.98 Å². The fourth-order valence-electron chi connectivity index (χ4n) is 2.90. The molecule has 0 radical (unpaired) electrons. The van der Waals surface area contributed by atoms with E-state index in [4.69, 9.17) is 25.3 Å². The molecular weight excluding hydrogens is 425 g/mol. The molecule has 0 amide bonds. The fraction of sp³-hybridized carbons (Fsp3) is 0.364. The molecule has 3 aromatic rings. The van der Waals surface area contributed by atoms with Crippen LogP contribution in [0.15, 0.2) is 40.8 Å². The van der Waals surface area contributed by atoms with Crippen LogP contribution < -0.4 is 0 Å². The standard InChI is InChI=1S/C22H25ClNO5P/c1-22(2,3)29-20(25)12-19-24-21-17(15-7-6-8-16(23)11-15)9-14(10-18(21)28-19)13-27-30(4,5)26/h6-11H,12-13H2,1-5H3. The smallest absolute Gasteiger partial charge is 0.315 e. The summed E-state index contributed by atoms with van der Waals surface area (Å²) in [6, 6.07) is 11.1. The summed E-state index contributed by atoms with van der Waals surface area (Å²) in [6.45, 7) is 8.71. The minimum Gasteiger partial charge on any atom is -0.460 e. The molecule has 0 aliphatic carbocycles. The van der Waals surface area contributed by atoms with E-state index in [9.17, 15) is 9.36 Å². The summed E-state index contributed by atoms with van der Waals surface area (Å²) in [4.78, 5) is 16.7. The maximum atomic E-state index is 12.2. The molecule has 1 aromatic heterocycles. The molecule has 0 saturated heterocycles. The molecule has 0 bridgehead atoms. The van der Waals surface area contributed by atoms with Gasteiger partial charge in [-0.05, 0) is 56.2 Å². The molecule has 2 aromatic carbocycles. The van der Waals surface area contributed by atoms with E-state index in [-0.39, 0.29) is 18.9 Å². The average Bonchev–Trinajstić information content (AvgIpc) is 2.98. The monoisotopic (exact) mass is 449 g/mol. The number of aromatic nitrogens is 1. The van der Waals surface area contributed by atoms with Crippen molar-refractivity contribution >= 4 is 36.0 Å². The van der Waals surface area contributed by atoms with Gasteiger partial charge >= 0.3 is 5.97 Å². The van der Waals surface area contributed by atoms with E-state index < -0.39 is 18.9 Å². The average molecular weight is 450 g/mol. The van der Waals surface area contributed by atoms with E-state index in [1.165, 1.54) is 0 Å². The molecule has 160 valence electrons. The summed E-state index contributed by atoms with van der Waals surface area (Å²) < 4.78 is 28.7. The molecule has 0 fully saturated rings. The van der Waals surface area contributed by atoms with Crippen molar-refractivity contribution in [3.05, 3.63) is 52.9 Å². The highest BCUT2D eigenvalue weighted by Crippen LogP contribution is 2.39. The van der Waals surface area contributed by atoms with E-state index in [1.807, 2.05) is 24.3 Å². The highest BCUT2D eigenvalue weighted by atomic mass is 35.5. The van der Waals surface area contributed by atoms with Gasteiger partial charge in [0.2, 0.25) is 5.89 Å². The van der Waals surface area contributed by atoms with Gasteiger partial charge in [0.05, 0.1) is 6.61 Å². The van der Waals surface area contributed by atoms with Crippen LogP contribution in [0.1, 0.15) is 32.2 Å². The number of oxazole rings is 1. The minimum absolute atomic E-state index is 0.0775. The van der Waals surface area contributed by atoms with Crippen LogP contribution in [0, 0.1) is 0 Å². The van der Waals surface area contributed by atoms with Gasteiger partial charge in [-0.1, -0.05) is 23.7 Å². The maximum Gasteiger partial charge on any atom is 0.315 e. The first kappa shape index (κ1) is 22.5. The summed E-state index contributed by atoms with van der Waals surface area (Å²) in [6.07, 6.45) is -0.0775. The van der Waals surface area contributed by atoms with Gasteiger partial charge in [-0.3, -0.25) is 9.36 Å². The first-order valence-corrected chi connectivity index (χ1v) is 12.4. The van der Waals surface area contributed by atoms with Gasteiger partial charge in [-0.25, -0.2) is 4.98 Å². The molecule has 0 N–H and O–H groups in total. The number of halogens is 1. The number of benzene rings is 2. The topological polar surface area (TPSA) is 78.6 Å². The second kappa shape index (κ2) is 8.54. The van der Waals surface area contributed by atoms with Crippen molar-refractivity contribution in [3.63, 3.8) is 0 Å². The third kappa shape index (κ3) is 6.18. The van der Waals surface area contributed by atoms with Crippen molar-refractivity contribution < 1.29 is 23.0 Å². The van der Waals surface area contributed by atoms with Gasteiger partial charge in [-0.2, -0.15) is 0 Å². The Morgan fingerprint density at radius 2 is 1.93 bits per heavy atom. The molecule has 0 atom stereocenters. The highest BCUT2D eigenvalue weighted by molar-refractivity contribution is 7.57. The molecular formula is C22H25ClNO5P. The zero-order valence-corrected chi connectivity index (χ0v) is 19.3. The van der Waals surface area contributed by atoms with Crippen molar-refractivity contribution in [3.8, 4) is 11.1 Å². The molecule has 30 heavy (non-hydrogen) atoms. The van der Waals surface area contributed by atoms with Gasteiger partial charge in [0.1, 0.15) is 17.5 Å². The number of rotatable bonds is 6. The molecule has 0 aliphatic heterocycles. The molecule has 0 aliphatic rings. The normalized spacial score (nSPS) is 12.3. The summed E-state index contributed by atoms with van der Waals surface area (Å²) >= 11 is 6.18. The lowest BCUT2D eigenvalue weighted by molar-refractivity contribution is -0.154. The Morgan fingerprint density at radius 3 is 2.57 bits per heavy atom. The van der Waals surface area contributed by atoms with Crippen LogP contribution in [0.25, 0.3) is 22.2 Å². The second-order valence-corrected chi connectivity index (χ2v) is 11.6. The van der Waals surface area contributed by atoms with E-state index in [0.29, 0.717) is 16.1 Å². The molecule has 1 heterocycles. The van der Waals surface area contributed by atoms with E-state index >= 15 is 0 Å². The van der Waals surface area contributed by atoms with Crippen molar-refractivity contribution in [2.24, 2.45) is 0 Å². The van der Waals surface area contributed by atoms with Gasteiger partial charge in [-0.15, -0.1) is 0 Å². The number of fused-ring (bicyclic) bond motifs is 1. The summed E-state index contributed by atoms with van der Waals surface area (Å²) in [7, 11) is -2.65. The van der Waals surface area contributed by atoms with Crippen LogP contribution in [-0.2, 0) is 31.6 Å². The zero-order valence-electron chi connectivity index (χ0n) is 17.7. The maximum absolute atomic E-state index is 12.2. The summed E-state index contributed by atoms with van der Waals surface area (Å²) in [5.74, 6) is -0.155. The van der Waals surface area contributed by atoms with Crippen molar-refractivity contribution in [2.45, 2.75) is 39.4 Å². The molecule has 3 rings (SSSR count). The van der Waals surface area contributed by atoms with Crippen LogP contribution in [0.4, 0.5) is 0 Å². The Labute approximate surface area is 181 Å². The number of nitrogens with zero attached hydrogens (tertiary/aromatic N) is 1. The van der Waals surface area contributed by atoms with Gasteiger partial charge in [0.15, 0.2) is 13.0 Å². The van der Waals surface area contributed by atoms with Gasteiger partial charge < -0.3 is 13.7 Å². The lowest BCUT2D eigenvalue weighted by Crippen LogP contribution is -2.24.